The SMILES string of the molecule is CCN(CC)CCN1C(=O)c2c(c3c4ccccc4n(C4O[C@H](CO)[C@@H](OC)[C@H](O)[C@H]4O)c3c3[nH]c4ccccc4c23)C1=O. The third kappa shape index (κ3) is 3.97. The number of H-pyrrole nitrogens is 1. The molecule has 1 unspecified atom stereocenters. The number of aliphatic hydroxyl groups is 3. The highest BCUT2D eigenvalue weighted by Gasteiger charge is 2.47. The van der Waals surface area contributed by atoms with Gasteiger partial charge < -0.3 is 39.2 Å². The minimum Gasteiger partial charge on any atom is -0.394 e. The molecule has 11 nitrogen and oxygen atoms in total. The van der Waals surface area contributed by atoms with E-state index in [1.807, 2.05) is 48.5 Å². The van der Waals surface area contributed by atoms with Crippen molar-refractivity contribution in [3.05, 3.63) is 59.7 Å². The summed E-state index contributed by atoms with van der Waals surface area (Å²) < 4.78 is 13.4. The molecule has 2 aromatic heterocycles. The number of hydrogen-bond acceptors (Lipinski definition) is 8. The third-order valence-corrected chi connectivity index (χ3v) is 9.42. The van der Waals surface area contributed by atoms with Crippen LogP contribution in [0.25, 0.3) is 43.6 Å². The van der Waals surface area contributed by atoms with Gasteiger partial charge in [0, 0.05) is 47.3 Å². The Balaban J connectivity index is 1.56. The number of benzene rings is 3. The highest BCUT2D eigenvalue weighted by molar-refractivity contribution is 6.39. The molecule has 5 atom stereocenters. The summed E-state index contributed by atoms with van der Waals surface area (Å²) >= 11 is 0. The first kappa shape index (κ1) is 28.9. The summed E-state index contributed by atoms with van der Waals surface area (Å²) in [6.45, 7) is 6.08. The Bertz CT molecular complexity index is 1920. The lowest BCUT2D eigenvalue weighted by molar-refractivity contribution is -0.255. The molecule has 5 aromatic rings. The standard InChI is InChI=1S/C33H36N4O7/c1-4-35(5-2)14-15-36-31(41)24-22-17-10-6-8-12-19(17)34-26(22)27-23(25(24)32(36)42)18-11-7-9-13-20(18)37(27)33-29(40)28(39)30(43-3)21(16-38)44-33/h6-13,21,28-30,33-34,38-40H,4-5,14-16H2,1-3H3/t21-,28-,29-,30-,33?/m1/s1. The average Bonchev–Trinajstić information content (AvgIpc) is 3.67. The van der Waals surface area contributed by atoms with Crippen molar-refractivity contribution in [3.8, 4) is 0 Å². The smallest absolute Gasteiger partial charge is 0.262 e. The first-order valence-corrected chi connectivity index (χ1v) is 15.1. The summed E-state index contributed by atoms with van der Waals surface area (Å²) in [6.07, 6.45) is -5.81. The van der Waals surface area contributed by atoms with Crippen LogP contribution in [-0.2, 0) is 9.47 Å². The van der Waals surface area contributed by atoms with Crippen molar-refractivity contribution in [1.29, 1.82) is 0 Å². The maximum atomic E-state index is 14.3. The van der Waals surface area contributed by atoms with E-state index in [-0.39, 0.29) is 18.4 Å². The maximum Gasteiger partial charge on any atom is 0.262 e. The van der Waals surface area contributed by atoms with Gasteiger partial charge in [-0.25, -0.2) is 0 Å². The summed E-state index contributed by atoms with van der Waals surface area (Å²) in [4.78, 5) is 35.6. The molecule has 2 aliphatic heterocycles. The lowest BCUT2D eigenvalue weighted by atomic mass is 9.96. The predicted molar refractivity (Wildman–Crippen MR) is 166 cm³/mol. The second-order valence-electron chi connectivity index (χ2n) is 11.5. The van der Waals surface area contributed by atoms with E-state index in [0.29, 0.717) is 50.4 Å². The minimum absolute atomic E-state index is 0.255. The Labute approximate surface area is 253 Å². The number of amides is 2. The second-order valence-corrected chi connectivity index (χ2v) is 11.5. The van der Waals surface area contributed by atoms with Gasteiger partial charge in [-0.3, -0.25) is 14.5 Å². The van der Waals surface area contributed by atoms with Crippen LogP contribution in [0.15, 0.2) is 48.5 Å². The van der Waals surface area contributed by atoms with Crippen molar-refractivity contribution in [1.82, 2.24) is 19.4 Å². The Morgan fingerprint density at radius 1 is 0.932 bits per heavy atom. The molecule has 4 heterocycles. The Hall–Kier alpha value is -3.84. The molecule has 230 valence electrons. The molecule has 4 N–H and O–H groups in total. The number of nitrogens with one attached hydrogen (secondary N) is 1. The number of aliphatic hydroxyl groups excluding tert-OH is 3. The van der Waals surface area contributed by atoms with Crippen LogP contribution in [-0.4, -0.2) is 111 Å². The van der Waals surface area contributed by atoms with Crippen molar-refractivity contribution >= 4 is 55.4 Å². The molecule has 1 fully saturated rings. The van der Waals surface area contributed by atoms with E-state index in [4.69, 9.17) is 9.47 Å². The van der Waals surface area contributed by atoms with E-state index in [1.54, 1.807) is 4.57 Å². The van der Waals surface area contributed by atoms with Gasteiger partial charge in [0.2, 0.25) is 0 Å². The zero-order valence-electron chi connectivity index (χ0n) is 24.9. The lowest BCUT2D eigenvalue weighted by Gasteiger charge is -2.42. The van der Waals surface area contributed by atoms with Crippen molar-refractivity contribution in [3.63, 3.8) is 0 Å². The fourth-order valence-corrected chi connectivity index (χ4v) is 7.20. The quantitative estimate of drug-likeness (QED) is 0.199. The van der Waals surface area contributed by atoms with E-state index in [9.17, 15) is 24.9 Å². The number of likely N-dealkylation sites (N-methyl/N-ethyl adjacent to an activating group) is 1. The van der Waals surface area contributed by atoms with Crippen LogP contribution in [0, 0.1) is 0 Å². The first-order chi connectivity index (χ1) is 21.4. The molecule has 0 spiro atoms. The number of fused-ring (bicyclic) bond motifs is 10. The number of hydrogen-bond donors (Lipinski definition) is 4. The number of aromatic amines is 1. The largest absolute Gasteiger partial charge is 0.394 e. The van der Waals surface area contributed by atoms with E-state index < -0.39 is 37.3 Å². The van der Waals surface area contributed by atoms with Gasteiger partial charge in [0.25, 0.3) is 11.8 Å². The Morgan fingerprint density at radius 2 is 1.59 bits per heavy atom. The van der Waals surface area contributed by atoms with Crippen LogP contribution in [0.3, 0.4) is 0 Å². The molecule has 3 aromatic carbocycles. The number of aromatic nitrogens is 2. The summed E-state index contributed by atoms with van der Waals surface area (Å²) in [6, 6.07) is 15.1. The number of rotatable bonds is 8. The molecule has 0 aliphatic carbocycles. The van der Waals surface area contributed by atoms with Gasteiger partial charge in [-0.15, -0.1) is 0 Å². The van der Waals surface area contributed by atoms with Gasteiger partial charge in [0.1, 0.15) is 24.4 Å². The molecular formula is C33H36N4O7. The molecule has 44 heavy (non-hydrogen) atoms. The number of para-hydroxylation sites is 2. The number of carbonyl (C=O) groups is 2. The highest BCUT2D eigenvalue weighted by atomic mass is 16.6. The van der Waals surface area contributed by atoms with Crippen molar-refractivity contribution < 1.29 is 34.4 Å². The molecule has 7 rings (SSSR count). The second kappa shape index (κ2) is 11.0. The lowest BCUT2D eigenvalue weighted by Crippen LogP contribution is -2.57. The van der Waals surface area contributed by atoms with Gasteiger partial charge in [0.15, 0.2) is 6.23 Å². The fraction of sp³-hybridized carbons (Fsp3) is 0.394. The fourth-order valence-electron chi connectivity index (χ4n) is 7.20. The summed E-state index contributed by atoms with van der Waals surface area (Å²) in [5, 5.41) is 35.4. The molecule has 2 amide bonds. The van der Waals surface area contributed by atoms with Crippen LogP contribution >= 0.6 is 0 Å². The van der Waals surface area contributed by atoms with Crippen LogP contribution in [0.1, 0.15) is 40.8 Å². The predicted octanol–water partition coefficient (Wildman–Crippen LogP) is 2.99. The van der Waals surface area contributed by atoms with Gasteiger partial charge in [0.05, 0.1) is 34.3 Å². The Morgan fingerprint density at radius 3 is 2.27 bits per heavy atom. The zero-order valence-corrected chi connectivity index (χ0v) is 24.9. The van der Waals surface area contributed by atoms with Gasteiger partial charge in [-0.2, -0.15) is 0 Å². The number of nitrogens with zero attached hydrogens (tertiary/aromatic N) is 3. The van der Waals surface area contributed by atoms with Gasteiger partial charge in [-0.1, -0.05) is 50.2 Å². The number of carbonyl (C=O) groups excluding carboxylic acids is 2. The van der Waals surface area contributed by atoms with Crippen molar-refractivity contribution in [2.24, 2.45) is 0 Å². The minimum atomic E-state index is -1.43. The van der Waals surface area contributed by atoms with Crippen LogP contribution in [0.2, 0.25) is 0 Å². The van der Waals surface area contributed by atoms with Crippen molar-refractivity contribution in [2.45, 2.75) is 44.5 Å². The molecule has 0 radical (unpaired) electrons. The summed E-state index contributed by atoms with van der Waals surface area (Å²) in [5.74, 6) is -0.701. The maximum absolute atomic E-state index is 14.3. The normalized spacial score (nSPS) is 24.2. The monoisotopic (exact) mass is 600 g/mol. The van der Waals surface area contributed by atoms with Gasteiger partial charge in [-0.05, 0) is 25.2 Å². The van der Waals surface area contributed by atoms with Crippen LogP contribution in [0.4, 0.5) is 0 Å². The van der Waals surface area contributed by atoms with Crippen LogP contribution < -0.4 is 0 Å². The molecular weight excluding hydrogens is 564 g/mol. The first-order valence-electron chi connectivity index (χ1n) is 15.1. The van der Waals surface area contributed by atoms with E-state index >= 15 is 0 Å². The topological polar surface area (TPSA) is 140 Å². The highest BCUT2D eigenvalue weighted by Crippen LogP contribution is 2.47. The molecule has 0 saturated carbocycles. The number of imide groups is 1. The molecule has 11 heteroatoms. The number of ether oxygens (including phenoxy) is 2. The molecule has 1 saturated heterocycles. The summed E-state index contributed by atoms with van der Waals surface area (Å²) in [7, 11) is 1.39. The van der Waals surface area contributed by atoms with E-state index in [0.717, 1.165) is 24.0 Å². The van der Waals surface area contributed by atoms with Gasteiger partial charge >= 0.3 is 0 Å². The number of methoxy groups -OCH3 is 1. The molecule has 0 bridgehead atoms. The average molecular weight is 601 g/mol. The Kier molecular flexibility index (Phi) is 7.19. The zero-order chi connectivity index (χ0) is 30.9. The van der Waals surface area contributed by atoms with E-state index in [1.165, 1.54) is 12.0 Å². The summed E-state index contributed by atoms with van der Waals surface area (Å²) in [5.41, 5.74) is 3.27. The van der Waals surface area contributed by atoms with Crippen molar-refractivity contribution in [2.75, 3.05) is 39.9 Å². The molecule has 2 aliphatic rings. The van der Waals surface area contributed by atoms with E-state index in [2.05, 4.69) is 23.7 Å². The third-order valence-electron chi connectivity index (χ3n) is 9.42. The van der Waals surface area contributed by atoms with Crippen LogP contribution in [0.5, 0.6) is 0 Å².